The van der Waals surface area contributed by atoms with E-state index in [9.17, 15) is 0 Å². The third-order valence-corrected chi connectivity index (χ3v) is 4.45. The van der Waals surface area contributed by atoms with E-state index in [-0.39, 0.29) is 0 Å². The molecule has 0 fully saturated rings. The Morgan fingerprint density at radius 1 is 1.47 bits per heavy atom. The maximum absolute atomic E-state index is 5.98. The summed E-state index contributed by atoms with van der Waals surface area (Å²) in [6.45, 7) is 0.928. The van der Waals surface area contributed by atoms with Crippen LogP contribution in [0.5, 0.6) is 0 Å². The first-order valence-electron chi connectivity index (χ1n) is 5.26. The molecule has 1 heterocycles. The largest absolute Gasteiger partial charge is 0.319 e. The van der Waals surface area contributed by atoms with Gasteiger partial charge in [0.1, 0.15) is 5.01 Å². The Balaban J connectivity index is 2.28. The molecule has 5 heteroatoms. The number of likely N-dealkylation sites (N-methyl/N-ethyl adjacent to an activating group) is 1. The van der Waals surface area contributed by atoms with E-state index in [0.29, 0.717) is 0 Å². The molecule has 0 saturated carbocycles. The first-order valence-corrected chi connectivity index (χ1v) is 7.25. The summed E-state index contributed by atoms with van der Waals surface area (Å²) in [6.07, 6.45) is 0.925. The molecule has 17 heavy (non-hydrogen) atoms. The third-order valence-electron chi connectivity index (χ3n) is 2.33. The van der Waals surface area contributed by atoms with Crippen molar-refractivity contribution < 1.29 is 0 Å². The second-order valence-electron chi connectivity index (χ2n) is 3.60. The van der Waals surface area contributed by atoms with E-state index in [0.717, 1.165) is 38.0 Å². The van der Waals surface area contributed by atoms with Crippen molar-refractivity contribution in [1.29, 1.82) is 0 Å². The molecule has 0 aliphatic heterocycles. The molecule has 0 aliphatic rings. The van der Waals surface area contributed by atoms with E-state index >= 15 is 0 Å². The molecule has 1 aromatic carbocycles. The van der Waals surface area contributed by atoms with Crippen molar-refractivity contribution in [1.82, 2.24) is 10.3 Å². The van der Waals surface area contributed by atoms with E-state index in [1.165, 1.54) is 0 Å². The number of nitrogens with zero attached hydrogens (tertiary/aromatic N) is 1. The molecule has 0 amide bonds. The van der Waals surface area contributed by atoms with Crippen LogP contribution in [0.2, 0.25) is 5.02 Å². The lowest BCUT2D eigenvalue weighted by molar-refractivity contribution is 0.779. The summed E-state index contributed by atoms with van der Waals surface area (Å²) in [4.78, 5) is 4.63. The number of hydrogen-bond acceptors (Lipinski definition) is 3. The van der Waals surface area contributed by atoms with Crippen molar-refractivity contribution in [2.24, 2.45) is 0 Å². The Labute approximate surface area is 118 Å². The van der Waals surface area contributed by atoms with Crippen LogP contribution < -0.4 is 5.32 Å². The molecule has 2 nitrogen and oxygen atoms in total. The van der Waals surface area contributed by atoms with Gasteiger partial charge in [-0.25, -0.2) is 4.98 Å². The highest BCUT2D eigenvalue weighted by Crippen LogP contribution is 2.33. The molecular formula is C12H12BrClN2S. The molecule has 0 spiro atoms. The van der Waals surface area contributed by atoms with Crippen LogP contribution in [0.15, 0.2) is 28.1 Å². The fraction of sp³-hybridized carbons (Fsp3) is 0.250. The Bertz CT molecular complexity index is 513. The highest BCUT2D eigenvalue weighted by atomic mass is 79.9. The van der Waals surface area contributed by atoms with Crippen molar-refractivity contribution in [2.75, 3.05) is 13.6 Å². The molecule has 0 bridgehead atoms. The topological polar surface area (TPSA) is 24.9 Å². The predicted octanol–water partition coefficient (Wildman–Crippen LogP) is 3.99. The van der Waals surface area contributed by atoms with E-state index in [4.69, 9.17) is 11.6 Å². The van der Waals surface area contributed by atoms with E-state index in [1.807, 2.05) is 31.3 Å². The standard InChI is InChI=1S/C12H12BrClN2S/c1-15-6-5-10-11(13)17-12(16-10)8-3-2-4-9(14)7-8/h2-4,7,15H,5-6H2,1H3. The van der Waals surface area contributed by atoms with Crippen LogP contribution in [0.1, 0.15) is 5.69 Å². The maximum atomic E-state index is 5.98. The molecule has 0 atom stereocenters. The SMILES string of the molecule is CNCCc1nc(-c2cccc(Cl)c2)sc1Br. The Morgan fingerprint density at radius 2 is 2.29 bits per heavy atom. The minimum Gasteiger partial charge on any atom is -0.319 e. The minimum absolute atomic E-state index is 0.741. The molecule has 2 rings (SSSR count). The lowest BCUT2D eigenvalue weighted by Gasteiger charge is -1.97. The third kappa shape index (κ3) is 3.28. The van der Waals surface area contributed by atoms with Crippen molar-refractivity contribution in [3.8, 4) is 10.6 Å². The number of thiazole rings is 1. The quantitative estimate of drug-likeness (QED) is 0.916. The molecule has 2 aromatic rings. The van der Waals surface area contributed by atoms with Crippen molar-refractivity contribution in [3.05, 3.63) is 38.8 Å². The van der Waals surface area contributed by atoms with Crippen molar-refractivity contribution in [3.63, 3.8) is 0 Å². The number of hydrogen-bond donors (Lipinski definition) is 1. The molecule has 0 saturated heterocycles. The van der Waals surface area contributed by atoms with Gasteiger partial charge < -0.3 is 5.32 Å². The van der Waals surface area contributed by atoms with Crippen molar-refractivity contribution >= 4 is 38.9 Å². The maximum Gasteiger partial charge on any atom is 0.124 e. The van der Waals surface area contributed by atoms with Gasteiger partial charge in [-0.1, -0.05) is 23.7 Å². The van der Waals surface area contributed by atoms with Crippen LogP contribution in [-0.4, -0.2) is 18.6 Å². The number of halogens is 2. The minimum atomic E-state index is 0.741. The van der Waals surface area contributed by atoms with Crippen LogP contribution in [0, 0.1) is 0 Å². The lowest BCUT2D eigenvalue weighted by Crippen LogP contribution is -2.10. The number of benzene rings is 1. The van der Waals surface area contributed by atoms with Crippen LogP contribution in [0.25, 0.3) is 10.6 Å². The average molecular weight is 332 g/mol. The fourth-order valence-electron chi connectivity index (χ4n) is 1.48. The first kappa shape index (κ1) is 13.0. The number of nitrogens with one attached hydrogen (secondary N) is 1. The van der Waals surface area contributed by atoms with E-state index in [2.05, 4.69) is 26.2 Å². The summed E-state index contributed by atoms with van der Waals surface area (Å²) in [5.41, 5.74) is 2.17. The van der Waals surface area contributed by atoms with Gasteiger partial charge in [-0.2, -0.15) is 0 Å². The van der Waals surface area contributed by atoms with Crippen LogP contribution in [0.3, 0.4) is 0 Å². The second kappa shape index (κ2) is 5.96. The van der Waals surface area contributed by atoms with Crippen LogP contribution in [0.4, 0.5) is 0 Å². The fourth-order valence-corrected chi connectivity index (χ4v) is 3.25. The summed E-state index contributed by atoms with van der Waals surface area (Å²) in [6, 6.07) is 7.78. The summed E-state index contributed by atoms with van der Waals surface area (Å²) < 4.78 is 1.10. The van der Waals surface area contributed by atoms with Gasteiger partial charge in [0.25, 0.3) is 0 Å². The van der Waals surface area contributed by atoms with Gasteiger partial charge in [-0.3, -0.25) is 0 Å². The van der Waals surface area contributed by atoms with Crippen LogP contribution in [-0.2, 0) is 6.42 Å². The highest BCUT2D eigenvalue weighted by molar-refractivity contribution is 9.11. The summed E-state index contributed by atoms with van der Waals surface area (Å²) in [5.74, 6) is 0. The van der Waals surface area contributed by atoms with E-state index in [1.54, 1.807) is 11.3 Å². The monoisotopic (exact) mass is 330 g/mol. The summed E-state index contributed by atoms with van der Waals surface area (Å²) >= 11 is 11.2. The molecule has 0 unspecified atom stereocenters. The van der Waals surface area contributed by atoms with Gasteiger partial charge in [0.2, 0.25) is 0 Å². The molecule has 0 aliphatic carbocycles. The zero-order valence-corrected chi connectivity index (χ0v) is 12.5. The zero-order valence-electron chi connectivity index (χ0n) is 9.34. The predicted molar refractivity (Wildman–Crippen MR) is 77.9 cm³/mol. The van der Waals surface area contributed by atoms with Gasteiger partial charge in [-0.15, -0.1) is 11.3 Å². The van der Waals surface area contributed by atoms with Gasteiger partial charge in [-0.05, 0) is 35.1 Å². The van der Waals surface area contributed by atoms with Gasteiger partial charge in [0.15, 0.2) is 0 Å². The van der Waals surface area contributed by atoms with Gasteiger partial charge in [0, 0.05) is 23.6 Å². The average Bonchev–Trinajstić information content (AvgIpc) is 2.68. The van der Waals surface area contributed by atoms with E-state index < -0.39 is 0 Å². The smallest absolute Gasteiger partial charge is 0.124 e. The number of rotatable bonds is 4. The molecule has 1 aromatic heterocycles. The number of aromatic nitrogens is 1. The molecule has 0 radical (unpaired) electrons. The van der Waals surface area contributed by atoms with Crippen molar-refractivity contribution in [2.45, 2.75) is 6.42 Å². The van der Waals surface area contributed by atoms with Gasteiger partial charge in [0.05, 0.1) is 9.48 Å². The normalized spacial score (nSPS) is 10.8. The Hall–Kier alpha value is -0.420. The zero-order chi connectivity index (χ0) is 12.3. The lowest BCUT2D eigenvalue weighted by atomic mass is 10.2. The first-order chi connectivity index (χ1) is 8.20. The Kier molecular flexibility index (Phi) is 4.56. The Morgan fingerprint density at radius 3 is 3.00 bits per heavy atom. The molecule has 1 N–H and O–H groups in total. The van der Waals surface area contributed by atoms with Gasteiger partial charge >= 0.3 is 0 Å². The summed E-state index contributed by atoms with van der Waals surface area (Å²) in [5, 5.41) is 4.87. The molecule has 90 valence electrons. The van der Waals surface area contributed by atoms with Crippen LogP contribution >= 0.6 is 38.9 Å². The second-order valence-corrected chi connectivity index (χ2v) is 6.36. The molecular weight excluding hydrogens is 320 g/mol. The summed E-state index contributed by atoms with van der Waals surface area (Å²) in [7, 11) is 1.94. The highest BCUT2D eigenvalue weighted by Gasteiger charge is 2.10.